The van der Waals surface area contributed by atoms with Crippen LogP contribution in [0.25, 0.3) is 11.1 Å². The minimum Gasteiger partial charge on any atom is -0.462 e. The molecule has 3 unspecified atom stereocenters. The third-order valence-electron chi connectivity index (χ3n) is 8.39. The molecule has 11 heteroatoms. The Labute approximate surface area is 289 Å². The summed E-state index contributed by atoms with van der Waals surface area (Å²) >= 11 is 0. The molecule has 2 aromatic rings. The van der Waals surface area contributed by atoms with Crippen LogP contribution in [0, 0.1) is 11.3 Å². The van der Waals surface area contributed by atoms with Crippen molar-refractivity contribution in [2.24, 2.45) is 11.3 Å². The van der Waals surface area contributed by atoms with E-state index >= 15 is 0 Å². The number of aliphatic hydroxyl groups is 1. The SMILES string of the molecule is C=CCCC(NC(=O)OCC1c2ccccc2-c2ccccc21)C(=O)OCC(NC(=O)C(CC=C)CC(=O)NCCOCCO)C(C)(C)C. The Hall–Kier alpha value is -4.48. The summed E-state index contributed by atoms with van der Waals surface area (Å²) in [7, 11) is 0. The minimum absolute atomic E-state index is 0.0673. The van der Waals surface area contributed by atoms with Gasteiger partial charge in [-0.2, -0.15) is 0 Å². The van der Waals surface area contributed by atoms with Gasteiger partial charge in [-0.1, -0.05) is 81.5 Å². The topological polar surface area (TPSA) is 152 Å². The largest absolute Gasteiger partial charge is 0.462 e. The van der Waals surface area contributed by atoms with E-state index in [1.807, 2.05) is 57.2 Å². The first-order valence-corrected chi connectivity index (χ1v) is 16.8. The number of ether oxygens (including phenoxy) is 3. The lowest BCUT2D eigenvalue weighted by Crippen LogP contribution is -2.50. The highest BCUT2D eigenvalue weighted by Gasteiger charge is 2.33. The predicted molar refractivity (Wildman–Crippen MR) is 188 cm³/mol. The number of amides is 3. The first-order valence-electron chi connectivity index (χ1n) is 16.8. The van der Waals surface area contributed by atoms with E-state index in [9.17, 15) is 19.2 Å². The van der Waals surface area contributed by atoms with Gasteiger partial charge in [0.15, 0.2) is 0 Å². The zero-order chi connectivity index (χ0) is 35.8. The third kappa shape index (κ3) is 11.9. The molecule has 0 saturated carbocycles. The summed E-state index contributed by atoms with van der Waals surface area (Å²) in [5, 5.41) is 17.1. The van der Waals surface area contributed by atoms with Gasteiger partial charge in [-0.3, -0.25) is 9.59 Å². The number of hydrogen-bond donors (Lipinski definition) is 4. The fourth-order valence-electron chi connectivity index (χ4n) is 5.59. The lowest BCUT2D eigenvalue weighted by atomic mass is 9.86. The molecule has 266 valence electrons. The molecule has 0 fully saturated rings. The van der Waals surface area contributed by atoms with E-state index in [0.29, 0.717) is 6.42 Å². The maximum Gasteiger partial charge on any atom is 0.407 e. The van der Waals surface area contributed by atoms with Gasteiger partial charge in [-0.05, 0) is 46.9 Å². The second kappa shape index (κ2) is 19.5. The number of aliphatic hydroxyl groups excluding tert-OH is 1. The number of fused-ring (bicyclic) bond motifs is 3. The van der Waals surface area contributed by atoms with Crippen LogP contribution in [0.4, 0.5) is 4.79 Å². The fraction of sp³-hybridized carbons (Fsp3) is 0.474. The van der Waals surface area contributed by atoms with E-state index in [1.165, 1.54) is 0 Å². The average molecular weight is 678 g/mol. The molecule has 0 bridgehead atoms. The molecule has 3 rings (SSSR count). The summed E-state index contributed by atoms with van der Waals surface area (Å²) in [6.07, 6.45) is 3.39. The fourth-order valence-corrected chi connectivity index (χ4v) is 5.59. The van der Waals surface area contributed by atoms with Gasteiger partial charge in [-0.15, -0.1) is 13.2 Å². The second-order valence-corrected chi connectivity index (χ2v) is 13.1. The van der Waals surface area contributed by atoms with Crippen LogP contribution in [0.5, 0.6) is 0 Å². The number of rotatable bonds is 20. The molecule has 0 radical (unpaired) electrons. The Morgan fingerprint density at radius 3 is 2.16 bits per heavy atom. The zero-order valence-corrected chi connectivity index (χ0v) is 28.9. The van der Waals surface area contributed by atoms with Crippen molar-refractivity contribution < 1.29 is 38.5 Å². The first kappa shape index (κ1) is 39.0. The van der Waals surface area contributed by atoms with E-state index in [-0.39, 0.29) is 76.6 Å². The molecule has 11 nitrogen and oxygen atoms in total. The zero-order valence-electron chi connectivity index (χ0n) is 28.9. The molecule has 0 heterocycles. The summed E-state index contributed by atoms with van der Waals surface area (Å²) in [6, 6.07) is 14.5. The molecule has 0 aliphatic heterocycles. The average Bonchev–Trinajstić information content (AvgIpc) is 3.39. The third-order valence-corrected chi connectivity index (χ3v) is 8.39. The van der Waals surface area contributed by atoms with Crippen LogP contribution in [0.2, 0.25) is 0 Å². The van der Waals surface area contributed by atoms with Gasteiger partial charge in [0, 0.05) is 18.9 Å². The number of allylic oxidation sites excluding steroid dienone is 2. The van der Waals surface area contributed by atoms with Gasteiger partial charge in [0.25, 0.3) is 0 Å². The van der Waals surface area contributed by atoms with Crippen molar-refractivity contribution in [1.82, 2.24) is 16.0 Å². The summed E-state index contributed by atoms with van der Waals surface area (Å²) < 4.78 is 16.5. The summed E-state index contributed by atoms with van der Waals surface area (Å²) in [5.41, 5.74) is 3.86. The Kier molecular flexibility index (Phi) is 15.5. The van der Waals surface area contributed by atoms with Crippen molar-refractivity contribution in [3.8, 4) is 11.1 Å². The van der Waals surface area contributed by atoms with Crippen molar-refractivity contribution in [3.05, 3.63) is 85.0 Å². The molecule has 3 atom stereocenters. The Balaban J connectivity index is 1.58. The summed E-state index contributed by atoms with van der Waals surface area (Å²) in [5.74, 6) is -2.17. The van der Waals surface area contributed by atoms with Crippen LogP contribution in [0.15, 0.2) is 73.8 Å². The van der Waals surface area contributed by atoms with E-state index in [2.05, 4.69) is 41.2 Å². The van der Waals surface area contributed by atoms with Gasteiger partial charge < -0.3 is 35.3 Å². The van der Waals surface area contributed by atoms with Gasteiger partial charge >= 0.3 is 12.1 Å². The smallest absolute Gasteiger partial charge is 0.407 e. The highest BCUT2D eigenvalue weighted by atomic mass is 16.6. The lowest BCUT2D eigenvalue weighted by Gasteiger charge is -2.32. The monoisotopic (exact) mass is 677 g/mol. The standard InChI is InChI=1S/C38H51N3O8/c1-6-8-18-32(40-37(46)49-24-31-29-16-11-9-14-27(29)28-15-10-12-17-30(28)31)36(45)48-25-33(38(3,4)5)41-35(44)26(13-7-2)23-34(43)39-19-21-47-22-20-42/h6-7,9-12,14-17,26,31-33,42H,1-2,8,13,18-25H2,3-5H3,(H,39,43)(H,40,46)(H,41,44). The maximum atomic E-state index is 13.3. The molecular weight excluding hydrogens is 626 g/mol. The van der Waals surface area contributed by atoms with Crippen molar-refractivity contribution >= 4 is 23.9 Å². The molecule has 4 N–H and O–H groups in total. The number of carbonyl (C=O) groups excluding carboxylic acids is 4. The van der Waals surface area contributed by atoms with Crippen LogP contribution >= 0.6 is 0 Å². The van der Waals surface area contributed by atoms with Gasteiger partial charge in [0.1, 0.15) is 19.3 Å². The summed E-state index contributed by atoms with van der Waals surface area (Å²) in [4.78, 5) is 52.1. The quantitative estimate of drug-likeness (QED) is 0.0899. The Morgan fingerprint density at radius 2 is 1.57 bits per heavy atom. The molecule has 3 amide bonds. The van der Waals surface area contributed by atoms with Gasteiger partial charge in [0.2, 0.25) is 11.8 Å². The number of hydrogen-bond acceptors (Lipinski definition) is 8. The van der Waals surface area contributed by atoms with Crippen LogP contribution in [0.1, 0.15) is 63.5 Å². The molecule has 49 heavy (non-hydrogen) atoms. The van der Waals surface area contributed by atoms with Gasteiger partial charge in [-0.25, -0.2) is 9.59 Å². The number of carbonyl (C=O) groups is 4. The number of benzene rings is 2. The van der Waals surface area contributed by atoms with Crippen LogP contribution < -0.4 is 16.0 Å². The number of esters is 1. The van der Waals surface area contributed by atoms with Crippen molar-refractivity contribution in [3.63, 3.8) is 0 Å². The normalized spacial score (nSPS) is 14.0. The van der Waals surface area contributed by atoms with Gasteiger partial charge in [0.05, 0.1) is 31.8 Å². The Morgan fingerprint density at radius 1 is 0.918 bits per heavy atom. The molecule has 0 spiro atoms. The molecular formula is C38H51N3O8. The molecule has 1 aliphatic rings. The van der Waals surface area contributed by atoms with E-state index < -0.39 is 35.5 Å². The highest BCUT2D eigenvalue weighted by molar-refractivity contribution is 5.86. The molecule has 1 aliphatic carbocycles. The first-order chi connectivity index (χ1) is 23.5. The van der Waals surface area contributed by atoms with Crippen molar-refractivity contribution in [2.75, 3.05) is 39.6 Å². The van der Waals surface area contributed by atoms with E-state index in [0.717, 1.165) is 22.3 Å². The van der Waals surface area contributed by atoms with Crippen molar-refractivity contribution in [1.29, 1.82) is 0 Å². The van der Waals surface area contributed by atoms with Crippen LogP contribution in [0.3, 0.4) is 0 Å². The maximum absolute atomic E-state index is 13.3. The van der Waals surface area contributed by atoms with E-state index in [1.54, 1.807) is 12.2 Å². The van der Waals surface area contributed by atoms with E-state index in [4.69, 9.17) is 19.3 Å². The molecule has 0 saturated heterocycles. The molecule has 2 aromatic carbocycles. The lowest BCUT2D eigenvalue weighted by molar-refractivity contribution is -0.148. The Bertz CT molecular complexity index is 1390. The van der Waals surface area contributed by atoms with Crippen LogP contribution in [-0.4, -0.2) is 80.6 Å². The minimum atomic E-state index is -0.997. The van der Waals surface area contributed by atoms with Crippen molar-refractivity contribution in [2.45, 2.75) is 64.5 Å². The predicted octanol–water partition coefficient (Wildman–Crippen LogP) is 4.64. The molecule has 0 aromatic heterocycles. The number of alkyl carbamates (subject to hydrolysis) is 1. The summed E-state index contributed by atoms with van der Waals surface area (Å²) in [6.45, 7) is 13.7. The second-order valence-electron chi connectivity index (χ2n) is 13.1. The number of nitrogens with one attached hydrogen (secondary N) is 3. The highest BCUT2D eigenvalue weighted by Crippen LogP contribution is 2.44. The van der Waals surface area contributed by atoms with Crippen LogP contribution in [-0.2, 0) is 28.6 Å².